The zero-order valence-corrected chi connectivity index (χ0v) is 10.00. The summed E-state index contributed by atoms with van der Waals surface area (Å²) < 4.78 is 2.68. The molecule has 1 aromatic heterocycles. The Hall–Kier alpha value is -1.29. The number of carboxylic acid groups (broad SMARTS) is 1. The summed E-state index contributed by atoms with van der Waals surface area (Å²) in [5, 5.41) is 9.94. The molecule has 0 saturated heterocycles. The largest absolute Gasteiger partial charge is 0.477 e. The van der Waals surface area contributed by atoms with Crippen LogP contribution in [-0.2, 0) is 7.05 Å². The molecule has 0 atom stereocenters. The molecule has 0 radical (unpaired) electrons. The molecule has 0 spiro atoms. The lowest BCUT2D eigenvalue weighted by atomic mass is 10.2. The average Bonchev–Trinajstić information content (AvgIpc) is 2.42. The monoisotopic (exact) mass is 267 g/mol. The Balaban J connectivity index is 2.88. The number of nitrogens with zero attached hydrogens (tertiary/aromatic N) is 1. The maximum absolute atomic E-state index is 11.0. The van der Waals surface area contributed by atoms with E-state index in [2.05, 4.69) is 15.9 Å². The fourth-order valence-electron chi connectivity index (χ4n) is 1.90. The molecular weight excluding hydrogens is 258 g/mol. The summed E-state index contributed by atoms with van der Waals surface area (Å²) in [5.41, 5.74) is 2.34. The van der Waals surface area contributed by atoms with Gasteiger partial charge in [0.1, 0.15) is 5.69 Å². The van der Waals surface area contributed by atoms with Crippen molar-refractivity contribution in [3.8, 4) is 0 Å². The Morgan fingerprint density at radius 3 is 2.67 bits per heavy atom. The Morgan fingerprint density at radius 2 is 2.07 bits per heavy atom. The first kappa shape index (κ1) is 10.2. The van der Waals surface area contributed by atoms with Gasteiger partial charge in [-0.15, -0.1) is 0 Å². The first-order valence-corrected chi connectivity index (χ1v) is 5.29. The minimum atomic E-state index is -0.899. The van der Waals surface area contributed by atoms with E-state index in [4.69, 9.17) is 5.11 Å². The van der Waals surface area contributed by atoms with Crippen molar-refractivity contribution in [2.75, 3.05) is 0 Å². The normalized spacial score (nSPS) is 10.9. The molecule has 0 aliphatic carbocycles. The fraction of sp³-hybridized carbons (Fsp3) is 0.182. The number of benzene rings is 1. The molecule has 2 rings (SSSR count). The summed E-state index contributed by atoms with van der Waals surface area (Å²) in [6.45, 7) is 1.97. The Labute approximate surface area is 95.5 Å². The minimum Gasteiger partial charge on any atom is -0.477 e. The van der Waals surface area contributed by atoms with Crippen molar-refractivity contribution < 1.29 is 9.90 Å². The predicted octanol–water partition coefficient (Wildman–Crippen LogP) is 2.95. The average molecular weight is 268 g/mol. The van der Waals surface area contributed by atoms with Gasteiger partial charge in [0, 0.05) is 16.9 Å². The molecule has 0 unspecified atom stereocenters. The summed E-state index contributed by atoms with van der Waals surface area (Å²) in [6.07, 6.45) is 0. The standard InChI is InChI=1S/C11H10BrNO2/c1-6-3-8(12)4-7-5-9(11(14)15)13(2)10(6)7/h3-5H,1-2H3,(H,14,15). The molecule has 1 aromatic carbocycles. The van der Waals surface area contributed by atoms with Crippen molar-refractivity contribution in [3.05, 3.63) is 33.9 Å². The van der Waals surface area contributed by atoms with Gasteiger partial charge in [-0.25, -0.2) is 4.79 Å². The van der Waals surface area contributed by atoms with Gasteiger partial charge in [0.15, 0.2) is 0 Å². The molecule has 0 fully saturated rings. The zero-order chi connectivity index (χ0) is 11.2. The third-order valence-electron chi connectivity index (χ3n) is 2.50. The highest BCUT2D eigenvalue weighted by molar-refractivity contribution is 9.10. The maximum atomic E-state index is 11.0. The van der Waals surface area contributed by atoms with Crippen LogP contribution >= 0.6 is 15.9 Å². The lowest BCUT2D eigenvalue weighted by Crippen LogP contribution is -2.04. The van der Waals surface area contributed by atoms with Gasteiger partial charge in [-0.05, 0) is 30.7 Å². The molecule has 0 bridgehead atoms. The SMILES string of the molecule is Cc1cc(Br)cc2cc(C(=O)O)n(C)c12. The van der Waals surface area contributed by atoms with E-state index in [9.17, 15) is 4.79 Å². The zero-order valence-electron chi connectivity index (χ0n) is 8.41. The Kier molecular flexibility index (Phi) is 2.31. The number of aryl methyl sites for hydroxylation is 2. The van der Waals surface area contributed by atoms with Crippen molar-refractivity contribution >= 4 is 32.8 Å². The van der Waals surface area contributed by atoms with E-state index in [0.29, 0.717) is 5.69 Å². The van der Waals surface area contributed by atoms with E-state index in [1.807, 2.05) is 19.1 Å². The molecular formula is C11H10BrNO2. The van der Waals surface area contributed by atoms with Crippen molar-refractivity contribution in [2.24, 2.45) is 7.05 Å². The third-order valence-corrected chi connectivity index (χ3v) is 2.96. The lowest BCUT2D eigenvalue weighted by Gasteiger charge is -2.03. The number of aromatic nitrogens is 1. The molecule has 3 nitrogen and oxygen atoms in total. The highest BCUT2D eigenvalue weighted by Gasteiger charge is 2.13. The van der Waals surface area contributed by atoms with Gasteiger partial charge in [-0.1, -0.05) is 15.9 Å². The van der Waals surface area contributed by atoms with Gasteiger partial charge >= 0.3 is 5.97 Å². The van der Waals surface area contributed by atoms with Crippen molar-refractivity contribution in [3.63, 3.8) is 0 Å². The van der Waals surface area contributed by atoms with Gasteiger partial charge in [0.05, 0.1) is 5.52 Å². The Bertz CT molecular complexity index is 557. The quantitative estimate of drug-likeness (QED) is 0.863. The third kappa shape index (κ3) is 1.55. The maximum Gasteiger partial charge on any atom is 0.352 e. The van der Waals surface area contributed by atoms with Crippen LogP contribution in [-0.4, -0.2) is 15.6 Å². The summed E-state index contributed by atoms with van der Waals surface area (Å²) in [4.78, 5) is 11.0. The van der Waals surface area contributed by atoms with Crippen LogP contribution in [0.15, 0.2) is 22.7 Å². The highest BCUT2D eigenvalue weighted by Crippen LogP contribution is 2.26. The molecule has 0 aliphatic rings. The number of hydrogen-bond acceptors (Lipinski definition) is 1. The van der Waals surface area contributed by atoms with Gasteiger partial charge in [0.2, 0.25) is 0 Å². The second kappa shape index (κ2) is 3.38. The van der Waals surface area contributed by atoms with Crippen LogP contribution in [0.2, 0.25) is 0 Å². The fourth-order valence-corrected chi connectivity index (χ4v) is 2.49. The molecule has 0 aliphatic heterocycles. The first-order valence-electron chi connectivity index (χ1n) is 4.49. The summed E-state index contributed by atoms with van der Waals surface area (Å²) in [7, 11) is 1.77. The molecule has 1 heterocycles. The van der Waals surface area contributed by atoms with E-state index in [1.165, 1.54) is 0 Å². The first-order chi connectivity index (χ1) is 7.00. The van der Waals surface area contributed by atoms with Crippen LogP contribution in [0.3, 0.4) is 0 Å². The van der Waals surface area contributed by atoms with Crippen molar-refractivity contribution in [1.29, 1.82) is 0 Å². The number of aromatic carboxylic acids is 1. The van der Waals surface area contributed by atoms with Crippen molar-refractivity contribution in [2.45, 2.75) is 6.92 Å². The second-order valence-corrected chi connectivity index (χ2v) is 4.47. The Morgan fingerprint density at radius 1 is 1.40 bits per heavy atom. The van der Waals surface area contributed by atoms with E-state index in [0.717, 1.165) is 20.9 Å². The molecule has 0 amide bonds. The smallest absolute Gasteiger partial charge is 0.352 e. The molecule has 15 heavy (non-hydrogen) atoms. The van der Waals surface area contributed by atoms with E-state index in [-0.39, 0.29) is 0 Å². The van der Waals surface area contributed by atoms with Crippen LogP contribution in [0.25, 0.3) is 10.9 Å². The van der Waals surface area contributed by atoms with E-state index >= 15 is 0 Å². The van der Waals surface area contributed by atoms with E-state index < -0.39 is 5.97 Å². The van der Waals surface area contributed by atoms with Gasteiger partial charge in [0.25, 0.3) is 0 Å². The van der Waals surface area contributed by atoms with Gasteiger partial charge in [-0.3, -0.25) is 0 Å². The second-order valence-electron chi connectivity index (χ2n) is 3.55. The van der Waals surface area contributed by atoms with Gasteiger partial charge < -0.3 is 9.67 Å². The molecule has 4 heteroatoms. The molecule has 2 aromatic rings. The van der Waals surface area contributed by atoms with E-state index in [1.54, 1.807) is 17.7 Å². The van der Waals surface area contributed by atoms with Crippen LogP contribution < -0.4 is 0 Å². The summed E-state index contributed by atoms with van der Waals surface area (Å²) in [6, 6.07) is 5.60. The van der Waals surface area contributed by atoms with Gasteiger partial charge in [-0.2, -0.15) is 0 Å². The van der Waals surface area contributed by atoms with Crippen LogP contribution in [0, 0.1) is 6.92 Å². The minimum absolute atomic E-state index is 0.311. The number of halogens is 1. The predicted molar refractivity (Wildman–Crippen MR) is 62.3 cm³/mol. The lowest BCUT2D eigenvalue weighted by molar-refractivity contribution is 0.0687. The number of hydrogen-bond donors (Lipinski definition) is 1. The van der Waals surface area contributed by atoms with Crippen LogP contribution in [0.4, 0.5) is 0 Å². The molecule has 78 valence electrons. The highest BCUT2D eigenvalue weighted by atomic mass is 79.9. The summed E-state index contributed by atoms with van der Waals surface area (Å²) >= 11 is 3.40. The van der Waals surface area contributed by atoms with Crippen LogP contribution in [0.5, 0.6) is 0 Å². The summed E-state index contributed by atoms with van der Waals surface area (Å²) in [5.74, 6) is -0.899. The van der Waals surface area contributed by atoms with Crippen molar-refractivity contribution in [1.82, 2.24) is 4.57 Å². The molecule has 1 N–H and O–H groups in total. The number of carboxylic acids is 1. The van der Waals surface area contributed by atoms with Crippen LogP contribution in [0.1, 0.15) is 16.1 Å². The number of fused-ring (bicyclic) bond motifs is 1. The number of carbonyl (C=O) groups is 1. The number of rotatable bonds is 1. The topological polar surface area (TPSA) is 42.2 Å². The molecule has 0 saturated carbocycles.